The summed E-state index contributed by atoms with van der Waals surface area (Å²) in [6.07, 6.45) is 15.0. The summed E-state index contributed by atoms with van der Waals surface area (Å²) >= 11 is 0. The van der Waals surface area contributed by atoms with Crippen LogP contribution >= 0.6 is 0 Å². The molecule has 0 radical (unpaired) electrons. The summed E-state index contributed by atoms with van der Waals surface area (Å²) in [4.78, 5) is 11.9. The molecule has 5 atom stereocenters. The van der Waals surface area contributed by atoms with E-state index in [0.29, 0.717) is 23.9 Å². The third kappa shape index (κ3) is 4.74. The van der Waals surface area contributed by atoms with E-state index in [0.717, 1.165) is 25.7 Å². The SMILES string of the molecule is C=CCCC[C@@H]1C=C[C@@H]2[C@H](O[Si](C)(C)C(C)(C)C)CCC[C@H]2C1C=O. The Labute approximate surface area is 156 Å². The van der Waals surface area contributed by atoms with Gasteiger partial charge in [-0.1, -0.05) is 45.4 Å². The second kappa shape index (κ2) is 8.35. The minimum Gasteiger partial charge on any atom is -0.413 e. The summed E-state index contributed by atoms with van der Waals surface area (Å²) in [7, 11) is -1.78. The van der Waals surface area contributed by atoms with E-state index in [-0.39, 0.29) is 11.0 Å². The first kappa shape index (κ1) is 20.6. The van der Waals surface area contributed by atoms with Gasteiger partial charge < -0.3 is 9.22 Å². The van der Waals surface area contributed by atoms with Crippen LogP contribution < -0.4 is 0 Å². The van der Waals surface area contributed by atoms with Crippen LogP contribution in [0.5, 0.6) is 0 Å². The summed E-state index contributed by atoms with van der Waals surface area (Å²) in [6, 6.07) is 0. The molecule has 142 valence electrons. The monoisotopic (exact) mass is 362 g/mol. The first-order valence-corrected chi connectivity index (χ1v) is 13.0. The predicted molar refractivity (Wildman–Crippen MR) is 109 cm³/mol. The lowest BCUT2D eigenvalue weighted by Gasteiger charge is -2.48. The van der Waals surface area contributed by atoms with Gasteiger partial charge in [0.1, 0.15) is 6.29 Å². The van der Waals surface area contributed by atoms with Crippen LogP contribution in [0.1, 0.15) is 59.3 Å². The van der Waals surface area contributed by atoms with Gasteiger partial charge in [-0.2, -0.15) is 0 Å². The maximum atomic E-state index is 11.9. The van der Waals surface area contributed by atoms with E-state index < -0.39 is 8.32 Å². The Balaban J connectivity index is 2.14. The molecule has 2 aliphatic rings. The number of hydrogen-bond donors (Lipinski definition) is 0. The fraction of sp³-hybridized carbons (Fsp3) is 0.773. The number of carbonyl (C=O) groups excluding carboxylic acids is 1. The topological polar surface area (TPSA) is 26.3 Å². The van der Waals surface area contributed by atoms with Crippen molar-refractivity contribution < 1.29 is 9.22 Å². The first-order valence-electron chi connectivity index (χ1n) is 10.1. The Morgan fingerprint density at radius 1 is 1.24 bits per heavy atom. The lowest BCUT2D eigenvalue weighted by molar-refractivity contribution is -0.116. The smallest absolute Gasteiger partial charge is 0.192 e. The van der Waals surface area contributed by atoms with Gasteiger partial charge in [-0.25, -0.2) is 0 Å². The third-order valence-corrected chi connectivity index (χ3v) is 11.4. The number of unbranched alkanes of at least 4 members (excludes halogenated alkanes) is 1. The molecule has 3 heteroatoms. The largest absolute Gasteiger partial charge is 0.413 e. The molecule has 25 heavy (non-hydrogen) atoms. The first-order chi connectivity index (χ1) is 11.7. The molecular formula is C22H38O2Si. The summed E-state index contributed by atoms with van der Waals surface area (Å²) in [5, 5.41) is 0.232. The molecule has 0 aromatic carbocycles. The molecule has 1 saturated carbocycles. The Hall–Kier alpha value is -0.673. The number of rotatable bonds is 7. The molecule has 0 aromatic heterocycles. The van der Waals surface area contributed by atoms with Crippen LogP contribution in [0, 0.1) is 23.7 Å². The van der Waals surface area contributed by atoms with Gasteiger partial charge in [-0.15, -0.1) is 6.58 Å². The molecule has 0 aromatic rings. The Kier molecular flexibility index (Phi) is 6.89. The zero-order valence-electron chi connectivity index (χ0n) is 17.0. The molecule has 1 unspecified atom stereocenters. The van der Waals surface area contributed by atoms with Crippen molar-refractivity contribution in [1.29, 1.82) is 0 Å². The van der Waals surface area contributed by atoms with Crippen molar-refractivity contribution in [3.8, 4) is 0 Å². The van der Waals surface area contributed by atoms with Crippen molar-refractivity contribution in [2.75, 3.05) is 0 Å². The van der Waals surface area contributed by atoms with Crippen LogP contribution in [-0.4, -0.2) is 20.7 Å². The molecule has 0 aliphatic heterocycles. The lowest BCUT2D eigenvalue weighted by Crippen LogP contribution is -2.49. The van der Waals surface area contributed by atoms with Gasteiger partial charge in [0.15, 0.2) is 8.32 Å². The third-order valence-electron chi connectivity index (χ3n) is 6.87. The van der Waals surface area contributed by atoms with Crippen LogP contribution in [0.3, 0.4) is 0 Å². The van der Waals surface area contributed by atoms with Crippen LogP contribution in [0.2, 0.25) is 18.1 Å². The zero-order chi connectivity index (χ0) is 18.7. The van der Waals surface area contributed by atoms with Gasteiger partial charge in [0.2, 0.25) is 0 Å². The number of allylic oxidation sites excluding steroid dienone is 2. The minimum absolute atomic E-state index is 0.172. The molecule has 2 aliphatic carbocycles. The van der Waals surface area contributed by atoms with E-state index >= 15 is 0 Å². The molecule has 0 amide bonds. The van der Waals surface area contributed by atoms with Gasteiger partial charge in [0, 0.05) is 11.8 Å². The number of carbonyl (C=O) groups is 1. The molecule has 0 N–H and O–H groups in total. The summed E-state index contributed by atoms with van der Waals surface area (Å²) in [6.45, 7) is 15.4. The molecule has 0 spiro atoms. The fourth-order valence-corrected chi connectivity index (χ4v) is 5.71. The molecule has 2 nitrogen and oxygen atoms in total. The van der Waals surface area contributed by atoms with Crippen molar-refractivity contribution in [2.45, 2.75) is 83.5 Å². The zero-order valence-corrected chi connectivity index (χ0v) is 18.0. The highest BCUT2D eigenvalue weighted by atomic mass is 28.4. The number of hydrogen-bond acceptors (Lipinski definition) is 2. The van der Waals surface area contributed by atoms with Crippen LogP contribution in [-0.2, 0) is 9.22 Å². The normalized spacial score (nSPS) is 32.9. The van der Waals surface area contributed by atoms with E-state index in [4.69, 9.17) is 4.43 Å². The molecular weight excluding hydrogens is 324 g/mol. The van der Waals surface area contributed by atoms with Crippen molar-refractivity contribution in [3.05, 3.63) is 24.8 Å². The fourth-order valence-electron chi connectivity index (χ4n) is 4.33. The summed E-state index contributed by atoms with van der Waals surface area (Å²) < 4.78 is 6.80. The molecule has 1 fully saturated rings. The molecule has 0 bridgehead atoms. The van der Waals surface area contributed by atoms with Gasteiger partial charge in [0.05, 0.1) is 6.10 Å². The van der Waals surface area contributed by atoms with Crippen molar-refractivity contribution in [1.82, 2.24) is 0 Å². The molecule has 0 saturated heterocycles. The average molecular weight is 363 g/mol. The van der Waals surface area contributed by atoms with E-state index in [1.807, 2.05) is 6.08 Å². The van der Waals surface area contributed by atoms with E-state index in [1.54, 1.807) is 0 Å². The van der Waals surface area contributed by atoms with Gasteiger partial charge in [0.25, 0.3) is 0 Å². The Morgan fingerprint density at radius 2 is 1.96 bits per heavy atom. The average Bonchev–Trinajstić information content (AvgIpc) is 2.53. The van der Waals surface area contributed by atoms with Crippen molar-refractivity contribution in [3.63, 3.8) is 0 Å². The van der Waals surface area contributed by atoms with Crippen LogP contribution in [0.4, 0.5) is 0 Å². The second-order valence-electron chi connectivity index (χ2n) is 9.57. The van der Waals surface area contributed by atoms with Gasteiger partial charge >= 0.3 is 0 Å². The van der Waals surface area contributed by atoms with E-state index in [1.165, 1.54) is 19.1 Å². The summed E-state index contributed by atoms with van der Waals surface area (Å²) in [5.41, 5.74) is 0. The quantitative estimate of drug-likeness (QED) is 0.235. The highest BCUT2D eigenvalue weighted by Gasteiger charge is 2.46. The van der Waals surface area contributed by atoms with Crippen LogP contribution in [0.25, 0.3) is 0 Å². The van der Waals surface area contributed by atoms with E-state index in [2.05, 4.69) is 52.6 Å². The predicted octanol–water partition coefficient (Wildman–Crippen LogP) is 6.15. The number of aldehydes is 1. The Bertz CT molecular complexity index is 489. The van der Waals surface area contributed by atoms with Crippen molar-refractivity contribution >= 4 is 14.6 Å². The van der Waals surface area contributed by atoms with E-state index in [9.17, 15) is 4.79 Å². The van der Waals surface area contributed by atoms with Crippen molar-refractivity contribution in [2.24, 2.45) is 23.7 Å². The minimum atomic E-state index is -1.78. The lowest BCUT2D eigenvalue weighted by atomic mass is 9.63. The van der Waals surface area contributed by atoms with Crippen LogP contribution in [0.15, 0.2) is 24.8 Å². The highest BCUT2D eigenvalue weighted by molar-refractivity contribution is 6.74. The summed E-state index contributed by atoms with van der Waals surface area (Å²) in [5.74, 6) is 1.48. The molecule has 0 heterocycles. The van der Waals surface area contributed by atoms with Gasteiger partial charge in [-0.05, 0) is 62.1 Å². The standard InChI is InChI=1S/C22H38O2Si/c1-7-8-9-11-17-14-15-19-18(20(17)16-23)12-10-13-21(19)24-25(5,6)22(2,3)4/h7,14-21H,1,8-13H2,2-6H3/t17-,18-,19+,20?,21-/m1/s1. The number of fused-ring (bicyclic) bond motifs is 1. The highest BCUT2D eigenvalue weighted by Crippen LogP contribution is 2.47. The Morgan fingerprint density at radius 3 is 2.56 bits per heavy atom. The maximum Gasteiger partial charge on any atom is 0.192 e. The molecule has 2 rings (SSSR count). The van der Waals surface area contributed by atoms with Gasteiger partial charge in [-0.3, -0.25) is 0 Å². The maximum absolute atomic E-state index is 11.9. The second-order valence-corrected chi connectivity index (χ2v) is 14.3.